The average molecular weight is 230 g/mol. The Kier molecular flexibility index (Phi) is 4.74. The van der Waals surface area contributed by atoms with Crippen LogP contribution in [0, 0.1) is 18.8 Å². The van der Waals surface area contributed by atoms with Crippen LogP contribution in [0.25, 0.3) is 0 Å². The van der Waals surface area contributed by atoms with E-state index in [1.807, 2.05) is 32.9 Å². The van der Waals surface area contributed by atoms with Crippen LogP contribution in [0.2, 0.25) is 0 Å². The molecule has 0 aliphatic rings. The zero-order valence-electron chi connectivity index (χ0n) is 10.5. The van der Waals surface area contributed by atoms with E-state index in [-0.39, 0.29) is 11.9 Å². The lowest BCUT2D eigenvalue weighted by atomic mass is 10.0. The standard InChI is InChI=1S/C14H18N2O/c1-10(2)16-14(17)13-7-6-11(3)9-12(13)5-4-8-15/h6-7,9-10H,8,15H2,1-3H3,(H,16,17). The zero-order chi connectivity index (χ0) is 12.8. The number of amides is 1. The highest BCUT2D eigenvalue weighted by Crippen LogP contribution is 2.11. The SMILES string of the molecule is Cc1ccc(C(=O)NC(C)C)c(C#CCN)c1. The number of nitrogens with one attached hydrogen (secondary N) is 1. The summed E-state index contributed by atoms with van der Waals surface area (Å²) in [5, 5.41) is 2.86. The Balaban J connectivity index is 3.09. The van der Waals surface area contributed by atoms with Crippen LogP contribution in [0.1, 0.15) is 35.3 Å². The summed E-state index contributed by atoms with van der Waals surface area (Å²) in [6.07, 6.45) is 0. The van der Waals surface area contributed by atoms with Gasteiger partial charge in [-0.1, -0.05) is 17.9 Å². The zero-order valence-corrected chi connectivity index (χ0v) is 10.5. The number of hydrogen-bond acceptors (Lipinski definition) is 2. The molecule has 0 bridgehead atoms. The minimum atomic E-state index is -0.0960. The van der Waals surface area contributed by atoms with Gasteiger partial charge in [-0.3, -0.25) is 4.79 Å². The van der Waals surface area contributed by atoms with Gasteiger partial charge in [0.15, 0.2) is 0 Å². The van der Waals surface area contributed by atoms with E-state index in [1.165, 1.54) is 0 Å². The highest BCUT2D eigenvalue weighted by atomic mass is 16.1. The van der Waals surface area contributed by atoms with E-state index < -0.39 is 0 Å². The molecule has 1 amide bonds. The molecule has 0 saturated carbocycles. The van der Waals surface area contributed by atoms with E-state index in [2.05, 4.69) is 17.2 Å². The first-order chi connectivity index (χ1) is 8.04. The Bertz CT molecular complexity index is 467. The van der Waals surface area contributed by atoms with Crippen LogP contribution in [0.3, 0.4) is 0 Å². The predicted molar refractivity (Wildman–Crippen MR) is 69.7 cm³/mol. The van der Waals surface area contributed by atoms with E-state index in [0.29, 0.717) is 12.1 Å². The normalized spacial score (nSPS) is 9.71. The molecule has 0 spiro atoms. The summed E-state index contributed by atoms with van der Waals surface area (Å²) in [6.45, 7) is 6.12. The summed E-state index contributed by atoms with van der Waals surface area (Å²) in [5.41, 5.74) is 7.76. The van der Waals surface area contributed by atoms with Gasteiger partial charge < -0.3 is 11.1 Å². The molecule has 0 aliphatic carbocycles. The van der Waals surface area contributed by atoms with Crippen LogP contribution in [0.4, 0.5) is 0 Å². The van der Waals surface area contributed by atoms with Gasteiger partial charge in [-0.15, -0.1) is 0 Å². The molecular formula is C14H18N2O. The molecule has 1 rings (SSSR count). The maximum Gasteiger partial charge on any atom is 0.252 e. The number of benzene rings is 1. The molecule has 3 N–H and O–H groups in total. The summed E-state index contributed by atoms with van der Waals surface area (Å²) in [7, 11) is 0. The minimum Gasteiger partial charge on any atom is -0.350 e. The van der Waals surface area contributed by atoms with Crippen molar-refractivity contribution in [3.63, 3.8) is 0 Å². The fourth-order valence-corrected chi connectivity index (χ4v) is 1.45. The molecule has 0 fully saturated rings. The lowest BCUT2D eigenvalue weighted by molar-refractivity contribution is 0.0943. The summed E-state index contributed by atoms with van der Waals surface area (Å²) in [4.78, 5) is 11.9. The monoisotopic (exact) mass is 230 g/mol. The highest BCUT2D eigenvalue weighted by molar-refractivity contribution is 5.97. The Morgan fingerprint density at radius 2 is 2.18 bits per heavy atom. The first-order valence-electron chi connectivity index (χ1n) is 5.65. The predicted octanol–water partition coefficient (Wildman–Crippen LogP) is 1.44. The third-order valence-corrected chi connectivity index (χ3v) is 2.16. The second-order valence-corrected chi connectivity index (χ2v) is 4.18. The van der Waals surface area contributed by atoms with Crippen molar-refractivity contribution in [2.24, 2.45) is 5.73 Å². The van der Waals surface area contributed by atoms with Gasteiger partial charge in [0.1, 0.15) is 0 Å². The average Bonchev–Trinajstić information content (AvgIpc) is 2.25. The third kappa shape index (κ3) is 3.93. The largest absolute Gasteiger partial charge is 0.350 e. The summed E-state index contributed by atoms with van der Waals surface area (Å²) >= 11 is 0. The molecule has 3 heteroatoms. The molecule has 3 nitrogen and oxygen atoms in total. The molecule has 0 unspecified atom stereocenters. The second kappa shape index (κ2) is 6.07. The molecule has 0 heterocycles. The lowest BCUT2D eigenvalue weighted by Gasteiger charge is -2.10. The van der Waals surface area contributed by atoms with E-state index in [9.17, 15) is 4.79 Å². The van der Waals surface area contributed by atoms with E-state index >= 15 is 0 Å². The Morgan fingerprint density at radius 1 is 1.47 bits per heavy atom. The molecule has 0 aliphatic heterocycles. The molecule has 0 aromatic heterocycles. The third-order valence-electron chi connectivity index (χ3n) is 2.16. The summed E-state index contributed by atoms with van der Waals surface area (Å²) in [6, 6.07) is 5.72. The Morgan fingerprint density at radius 3 is 2.76 bits per heavy atom. The van der Waals surface area contributed by atoms with Gasteiger partial charge in [-0.05, 0) is 38.5 Å². The van der Waals surface area contributed by atoms with Crippen LogP contribution in [0.5, 0.6) is 0 Å². The number of carbonyl (C=O) groups is 1. The molecule has 0 radical (unpaired) electrons. The number of rotatable bonds is 2. The number of aryl methyl sites for hydroxylation is 1. The molecule has 17 heavy (non-hydrogen) atoms. The Labute approximate surface area is 102 Å². The van der Waals surface area contributed by atoms with Crippen molar-refractivity contribution < 1.29 is 4.79 Å². The quantitative estimate of drug-likeness (QED) is 0.755. The van der Waals surface area contributed by atoms with Gasteiger partial charge in [0, 0.05) is 11.6 Å². The van der Waals surface area contributed by atoms with Gasteiger partial charge in [0.05, 0.1) is 12.1 Å². The van der Waals surface area contributed by atoms with E-state index in [0.717, 1.165) is 11.1 Å². The molecular weight excluding hydrogens is 212 g/mol. The molecule has 90 valence electrons. The van der Waals surface area contributed by atoms with Crippen LogP contribution in [0.15, 0.2) is 18.2 Å². The maximum atomic E-state index is 11.9. The smallest absolute Gasteiger partial charge is 0.252 e. The first kappa shape index (κ1) is 13.3. The number of carbonyl (C=O) groups excluding carboxylic acids is 1. The van der Waals surface area contributed by atoms with E-state index in [4.69, 9.17) is 5.73 Å². The first-order valence-corrected chi connectivity index (χ1v) is 5.65. The van der Waals surface area contributed by atoms with Crippen LogP contribution < -0.4 is 11.1 Å². The maximum absolute atomic E-state index is 11.9. The van der Waals surface area contributed by atoms with Crippen molar-refractivity contribution in [2.45, 2.75) is 26.8 Å². The van der Waals surface area contributed by atoms with Crippen molar-refractivity contribution in [1.82, 2.24) is 5.32 Å². The second-order valence-electron chi connectivity index (χ2n) is 4.18. The van der Waals surface area contributed by atoms with Gasteiger partial charge in [-0.2, -0.15) is 0 Å². The van der Waals surface area contributed by atoms with Gasteiger partial charge in [-0.25, -0.2) is 0 Å². The highest BCUT2D eigenvalue weighted by Gasteiger charge is 2.10. The van der Waals surface area contributed by atoms with Crippen molar-refractivity contribution in [2.75, 3.05) is 6.54 Å². The fraction of sp³-hybridized carbons (Fsp3) is 0.357. The van der Waals surface area contributed by atoms with Crippen molar-refractivity contribution in [1.29, 1.82) is 0 Å². The summed E-state index contributed by atoms with van der Waals surface area (Å²) in [5.74, 6) is 5.61. The molecule has 0 saturated heterocycles. The van der Waals surface area contributed by atoms with Crippen molar-refractivity contribution in [3.05, 3.63) is 34.9 Å². The molecule has 0 atom stereocenters. The van der Waals surface area contributed by atoms with Gasteiger partial charge in [0.2, 0.25) is 0 Å². The molecule has 1 aromatic rings. The topological polar surface area (TPSA) is 55.1 Å². The summed E-state index contributed by atoms with van der Waals surface area (Å²) < 4.78 is 0. The van der Waals surface area contributed by atoms with Crippen LogP contribution in [-0.4, -0.2) is 18.5 Å². The van der Waals surface area contributed by atoms with Crippen molar-refractivity contribution >= 4 is 5.91 Å². The van der Waals surface area contributed by atoms with Gasteiger partial charge in [0.25, 0.3) is 5.91 Å². The lowest BCUT2D eigenvalue weighted by Crippen LogP contribution is -2.30. The minimum absolute atomic E-state index is 0.0960. The van der Waals surface area contributed by atoms with Gasteiger partial charge >= 0.3 is 0 Å². The Hall–Kier alpha value is -1.79. The van der Waals surface area contributed by atoms with E-state index in [1.54, 1.807) is 6.07 Å². The van der Waals surface area contributed by atoms with Crippen LogP contribution >= 0.6 is 0 Å². The number of hydrogen-bond donors (Lipinski definition) is 2. The number of nitrogens with two attached hydrogens (primary N) is 1. The van der Waals surface area contributed by atoms with Crippen LogP contribution in [-0.2, 0) is 0 Å². The molecule has 1 aromatic carbocycles. The van der Waals surface area contributed by atoms with Crippen molar-refractivity contribution in [3.8, 4) is 11.8 Å². The fourth-order valence-electron chi connectivity index (χ4n) is 1.45.